The van der Waals surface area contributed by atoms with Crippen LogP contribution >= 0.6 is 0 Å². The Morgan fingerprint density at radius 1 is 0.974 bits per heavy atom. The monoisotopic (exact) mass is 528 g/mol. The molecule has 1 saturated heterocycles. The number of rotatable bonds is 4. The fraction of sp³-hybridized carbons (Fsp3) is 0.367. The van der Waals surface area contributed by atoms with Crippen LogP contribution in [0.2, 0.25) is 0 Å². The molecule has 9 heteroatoms. The van der Waals surface area contributed by atoms with Crippen LogP contribution in [0.25, 0.3) is 0 Å². The van der Waals surface area contributed by atoms with E-state index in [9.17, 15) is 4.79 Å². The minimum Gasteiger partial charge on any atom is -0.382 e. The van der Waals surface area contributed by atoms with E-state index < -0.39 is 0 Å². The fourth-order valence-electron chi connectivity index (χ4n) is 5.13. The van der Waals surface area contributed by atoms with Gasteiger partial charge in [0.25, 0.3) is 0 Å². The first-order valence-electron chi connectivity index (χ1n) is 13.6. The van der Waals surface area contributed by atoms with Crippen molar-refractivity contribution >= 4 is 34.9 Å². The normalized spacial score (nSPS) is 18.1. The van der Waals surface area contributed by atoms with Crippen LogP contribution in [0, 0.1) is 0 Å². The van der Waals surface area contributed by atoms with Gasteiger partial charge in [-0.15, -0.1) is 13.2 Å². The number of hydrogen-bond acceptors (Lipinski definition) is 7. The molecule has 6 rings (SSSR count). The van der Waals surface area contributed by atoms with Crippen molar-refractivity contribution < 1.29 is 4.79 Å². The Kier molecular flexibility index (Phi) is 9.03. The quantitative estimate of drug-likeness (QED) is 0.443. The lowest BCUT2D eigenvalue weighted by molar-refractivity contribution is 0.179. The van der Waals surface area contributed by atoms with Gasteiger partial charge >= 0.3 is 6.03 Å². The van der Waals surface area contributed by atoms with Crippen molar-refractivity contribution in [3.8, 4) is 0 Å². The van der Waals surface area contributed by atoms with Crippen molar-refractivity contribution in [1.82, 2.24) is 19.8 Å². The Hall–Kier alpha value is -4.11. The molecule has 2 amide bonds. The van der Waals surface area contributed by atoms with E-state index >= 15 is 0 Å². The number of fused-ring (bicyclic) bond motifs is 2. The lowest BCUT2D eigenvalue weighted by Crippen LogP contribution is -2.47. The van der Waals surface area contributed by atoms with E-state index in [1.54, 1.807) is 11.9 Å². The summed E-state index contributed by atoms with van der Waals surface area (Å²) in [5.41, 5.74) is 5.32. The highest BCUT2D eigenvalue weighted by Crippen LogP contribution is 2.38. The summed E-state index contributed by atoms with van der Waals surface area (Å²) in [7, 11) is 3.94. The number of likely N-dealkylation sites (N-methyl/N-ethyl adjacent to an activating group) is 1. The highest BCUT2D eigenvalue weighted by molar-refractivity contribution is 5.94. The zero-order valence-corrected chi connectivity index (χ0v) is 23.5. The Balaban J connectivity index is 0.000000845. The molecule has 0 saturated carbocycles. The van der Waals surface area contributed by atoms with E-state index in [1.165, 1.54) is 5.69 Å². The Bertz CT molecular complexity index is 1260. The van der Waals surface area contributed by atoms with Gasteiger partial charge in [-0.05, 0) is 42.9 Å². The Labute approximate surface area is 232 Å². The third-order valence-corrected chi connectivity index (χ3v) is 7.21. The molecule has 206 valence electrons. The van der Waals surface area contributed by atoms with Crippen molar-refractivity contribution in [2.24, 2.45) is 0 Å². The molecule has 2 N–H and O–H groups in total. The van der Waals surface area contributed by atoms with Crippen LogP contribution in [-0.4, -0.2) is 72.6 Å². The maximum atomic E-state index is 13.3. The molecule has 1 fully saturated rings. The number of nitrogens with zero attached hydrogens (tertiary/aromatic N) is 6. The van der Waals surface area contributed by atoms with Gasteiger partial charge in [0.2, 0.25) is 5.95 Å². The maximum absolute atomic E-state index is 13.3. The SMILES string of the molecule is C=C.CC.CN1CCN(c2ccc(Nc3ncc4c(n3)N(C)C(=O)N(C3CNc5ccccc53)C4)cc2)CC1. The molecule has 1 unspecified atom stereocenters. The van der Waals surface area contributed by atoms with Gasteiger partial charge in [0.15, 0.2) is 0 Å². The Morgan fingerprint density at radius 2 is 1.67 bits per heavy atom. The summed E-state index contributed by atoms with van der Waals surface area (Å²) in [5.74, 6) is 1.13. The number of piperazine rings is 1. The highest BCUT2D eigenvalue weighted by Gasteiger charge is 2.37. The number of carbonyl (C=O) groups excluding carboxylic acids is 1. The second kappa shape index (κ2) is 12.6. The largest absolute Gasteiger partial charge is 0.382 e. The molecular weight excluding hydrogens is 488 g/mol. The summed E-state index contributed by atoms with van der Waals surface area (Å²) < 4.78 is 0. The summed E-state index contributed by atoms with van der Waals surface area (Å²) in [6, 6.07) is 16.5. The first-order chi connectivity index (χ1) is 19.1. The second-order valence-corrected chi connectivity index (χ2v) is 9.46. The number of anilines is 5. The predicted molar refractivity (Wildman–Crippen MR) is 161 cm³/mol. The number of carbonyl (C=O) groups is 1. The van der Waals surface area contributed by atoms with Crippen LogP contribution in [0.4, 0.5) is 33.6 Å². The zero-order valence-electron chi connectivity index (χ0n) is 23.5. The van der Waals surface area contributed by atoms with Crippen molar-refractivity contribution in [2.75, 3.05) is 67.3 Å². The van der Waals surface area contributed by atoms with Gasteiger partial charge in [0.1, 0.15) is 5.82 Å². The number of hydrogen-bond donors (Lipinski definition) is 2. The molecular formula is C30H40N8O. The topological polar surface area (TPSA) is 79.9 Å². The molecule has 0 aliphatic carbocycles. The first kappa shape index (κ1) is 27.9. The van der Waals surface area contributed by atoms with Gasteiger partial charge < -0.3 is 25.3 Å². The third-order valence-electron chi connectivity index (χ3n) is 7.21. The van der Waals surface area contributed by atoms with Crippen LogP contribution in [-0.2, 0) is 6.54 Å². The Morgan fingerprint density at radius 3 is 2.38 bits per heavy atom. The number of urea groups is 1. The van der Waals surface area contributed by atoms with E-state index in [-0.39, 0.29) is 12.1 Å². The van der Waals surface area contributed by atoms with Crippen LogP contribution in [0.15, 0.2) is 67.9 Å². The molecule has 0 radical (unpaired) electrons. The summed E-state index contributed by atoms with van der Waals surface area (Å²) >= 11 is 0. The average Bonchev–Trinajstić information content (AvgIpc) is 3.42. The van der Waals surface area contributed by atoms with Crippen molar-refractivity contribution in [2.45, 2.75) is 26.4 Å². The standard InChI is InChI=1S/C26H30N8O.C2H6.C2H4/c1-31-11-13-33(14-12-31)20-9-7-19(8-10-20)29-25-28-15-18-17-34(26(35)32(2)24(18)30-25)23-16-27-22-6-4-3-5-21(22)23;2*1-2/h3-10,15,23,27H,11-14,16-17H2,1-2H3,(H,28,29,30);1-2H3;1-2H2. The molecule has 4 heterocycles. The number of aromatic nitrogens is 2. The molecule has 9 nitrogen and oxygen atoms in total. The van der Waals surface area contributed by atoms with E-state index in [0.717, 1.165) is 48.7 Å². The number of nitrogens with one attached hydrogen (secondary N) is 2. The molecule has 3 aliphatic heterocycles. The van der Waals surface area contributed by atoms with Gasteiger partial charge in [0.05, 0.1) is 12.6 Å². The molecule has 1 atom stereocenters. The maximum Gasteiger partial charge on any atom is 0.326 e. The van der Waals surface area contributed by atoms with Gasteiger partial charge in [-0.2, -0.15) is 4.98 Å². The van der Waals surface area contributed by atoms with E-state index in [4.69, 9.17) is 4.98 Å². The van der Waals surface area contributed by atoms with Crippen LogP contribution in [0.5, 0.6) is 0 Å². The van der Waals surface area contributed by atoms with Gasteiger partial charge in [-0.3, -0.25) is 4.90 Å². The van der Waals surface area contributed by atoms with Crippen molar-refractivity contribution in [1.29, 1.82) is 0 Å². The molecule has 0 bridgehead atoms. The average molecular weight is 529 g/mol. The number of benzene rings is 2. The molecule has 3 aromatic rings. The van der Waals surface area contributed by atoms with Crippen molar-refractivity contribution in [3.63, 3.8) is 0 Å². The van der Waals surface area contributed by atoms with Crippen LogP contribution in [0.1, 0.15) is 31.0 Å². The highest BCUT2D eigenvalue weighted by atomic mass is 16.2. The summed E-state index contributed by atoms with van der Waals surface area (Å²) in [5, 5.41) is 6.71. The minimum atomic E-state index is -0.0535. The predicted octanol–water partition coefficient (Wildman–Crippen LogP) is 5.34. The zero-order chi connectivity index (χ0) is 27.9. The molecule has 2 aromatic carbocycles. The molecule has 39 heavy (non-hydrogen) atoms. The van der Waals surface area contributed by atoms with Gasteiger partial charge in [-0.1, -0.05) is 32.0 Å². The van der Waals surface area contributed by atoms with E-state index in [1.807, 2.05) is 37.1 Å². The summed E-state index contributed by atoms with van der Waals surface area (Å²) in [6.07, 6.45) is 1.83. The summed E-state index contributed by atoms with van der Waals surface area (Å²) in [6.45, 7) is 15.4. The van der Waals surface area contributed by atoms with E-state index in [0.29, 0.717) is 24.9 Å². The molecule has 1 aromatic heterocycles. The third kappa shape index (κ3) is 5.83. The lowest BCUT2D eigenvalue weighted by atomic mass is 10.1. The first-order valence-corrected chi connectivity index (χ1v) is 13.6. The number of amides is 2. The molecule has 3 aliphatic rings. The second-order valence-electron chi connectivity index (χ2n) is 9.46. The van der Waals surface area contributed by atoms with Crippen LogP contribution < -0.4 is 20.4 Å². The van der Waals surface area contributed by atoms with E-state index in [2.05, 4.69) is 82.0 Å². The number of para-hydroxylation sites is 1. The molecule has 0 spiro atoms. The van der Waals surface area contributed by atoms with Crippen molar-refractivity contribution in [3.05, 3.63) is 79.0 Å². The smallest absolute Gasteiger partial charge is 0.326 e. The fourth-order valence-corrected chi connectivity index (χ4v) is 5.13. The minimum absolute atomic E-state index is 0.00841. The van der Waals surface area contributed by atoms with Gasteiger partial charge in [0, 0.05) is 68.6 Å². The van der Waals surface area contributed by atoms with Gasteiger partial charge in [-0.25, -0.2) is 9.78 Å². The summed E-state index contributed by atoms with van der Waals surface area (Å²) in [4.78, 5) is 30.8. The van der Waals surface area contributed by atoms with Crippen LogP contribution in [0.3, 0.4) is 0 Å². The lowest BCUT2D eigenvalue weighted by Gasteiger charge is -2.37.